The van der Waals surface area contributed by atoms with Crippen LogP contribution in [0.4, 0.5) is 0 Å². The third-order valence-electron chi connectivity index (χ3n) is 5.02. The Morgan fingerprint density at radius 2 is 1.96 bits per heavy atom. The van der Waals surface area contributed by atoms with E-state index in [0.717, 1.165) is 55.5 Å². The summed E-state index contributed by atoms with van der Waals surface area (Å²) in [5, 5.41) is 7.95. The van der Waals surface area contributed by atoms with Crippen LogP contribution in [0.2, 0.25) is 0 Å². The van der Waals surface area contributed by atoms with Gasteiger partial charge in [0.2, 0.25) is 0 Å². The Morgan fingerprint density at radius 3 is 2.52 bits per heavy atom. The lowest BCUT2D eigenvalue weighted by Crippen LogP contribution is -2.46. The number of ether oxygens (including phenoxy) is 1. The van der Waals surface area contributed by atoms with Gasteiger partial charge in [-0.3, -0.25) is 9.48 Å². The molecule has 23 heavy (non-hydrogen) atoms. The fourth-order valence-corrected chi connectivity index (χ4v) is 3.18. The van der Waals surface area contributed by atoms with E-state index in [2.05, 4.69) is 10.4 Å². The number of nitrogens with zero attached hydrogens (tertiary/aromatic N) is 3. The summed E-state index contributed by atoms with van der Waals surface area (Å²) < 4.78 is 7.51. The Balaban J connectivity index is 1.42. The molecule has 2 aliphatic rings. The molecule has 128 valence electrons. The molecule has 1 aliphatic carbocycles. The molecule has 2 fully saturated rings. The van der Waals surface area contributed by atoms with Gasteiger partial charge in [-0.15, -0.1) is 0 Å². The smallest absolute Gasteiger partial charge is 0.260 e. The maximum Gasteiger partial charge on any atom is 0.260 e. The summed E-state index contributed by atoms with van der Waals surface area (Å²) >= 11 is 0. The van der Waals surface area contributed by atoms with Crippen molar-refractivity contribution in [1.29, 1.82) is 0 Å². The maximum absolute atomic E-state index is 12.3. The topological polar surface area (TPSA) is 59.4 Å². The van der Waals surface area contributed by atoms with Crippen molar-refractivity contribution in [2.24, 2.45) is 13.0 Å². The molecule has 0 spiro atoms. The normalized spacial score (nSPS) is 19.2. The molecule has 1 saturated carbocycles. The fourth-order valence-electron chi connectivity index (χ4n) is 3.18. The van der Waals surface area contributed by atoms with Gasteiger partial charge >= 0.3 is 0 Å². The average Bonchev–Trinajstić information content (AvgIpc) is 3.33. The summed E-state index contributed by atoms with van der Waals surface area (Å²) in [5.74, 6) is 1.73. The van der Waals surface area contributed by atoms with Crippen LogP contribution in [0.1, 0.15) is 37.1 Å². The summed E-state index contributed by atoms with van der Waals surface area (Å²) in [5.41, 5.74) is 1.79. The van der Waals surface area contributed by atoms with Crippen LogP contribution >= 0.6 is 0 Å². The molecule has 0 unspecified atom stereocenters. The first-order valence-electron chi connectivity index (χ1n) is 8.68. The lowest BCUT2D eigenvalue weighted by molar-refractivity contribution is -0.134. The SMILES string of the molecule is Cc1nn(C)c(C)c1OCC(=O)N1CCC(NCC2CC2)CC1. The second-order valence-corrected chi connectivity index (χ2v) is 6.92. The number of carbonyl (C=O) groups is 1. The number of piperidine rings is 1. The molecule has 0 bridgehead atoms. The molecule has 2 heterocycles. The molecule has 1 saturated heterocycles. The van der Waals surface area contributed by atoms with Gasteiger partial charge in [-0.1, -0.05) is 0 Å². The highest BCUT2D eigenvalue weighted by atomic mass is 16.5. The number of hydrogen-bond donors (Lipinski definition) is 1. The van der Waals surface area contributed by atoms with Crippen molar-refractivity contribution in [2.75, 3.05) is 26.2 Å². The Morgan fingerprint density at radius 1 is 1.26 bits per heavy atom. The zero-order valence-corrected chi connectivity index (χ0v) is 14.5. The fraction of sp³-hybridized carbons (Fsp3) is 0.765. The van der Waals surface area contributed by atoms with Crippen LogP contribution in [-0.4, -0.2) is 52.9 Å². The van der Waals surface area contributed by atoms with E-state index in [0.29, 0.717) is 6.04 Å². The van der Waals surface area contributed by atoms with Crippen molar-refractivity contribution in [3.63, 3.8) is 0 Å². The summed E-state index contributed by atoms with van der Waals surface area (Å²) in [6.45, 7) is 6.78. The molecule has 1 aliphatic heterocycles. The summed E-state index contributed by atoms with van der Waals surface area (Å²) in [6.07, 6.45) is 4.86. The molecule has 0 radical (unpaired) electrons. The minimum Gasteiger partial charge on any atom is -0.480 e. The van der Waals surface area contributed by atoms with Gasteiger partial charge in [0.1, 0.15) is 5.69 Å². The number of carbonyl (C=O) groups excluding carboxylic acids is 1. The van der Waals surface area contributed by atoms with Crippen molar-refractivity contribution >= 4 is 5.91 Å². The number of likely N-dealkylation sites (tertiary alicyclic amines) is 1. The molecule has 0 atom stereocenters. The van der Waals surface area contributed by atoms with E-state index in [4.69, 9.17) is 4.74 Å². The van der Waals surface area contributed by atoms with E-state index >= 15 is 0 Å². The minimum atomic E-state index is 0.0771. The lowest BCUT2D eigenvalue weighted by Gasteiger charge is -2.32. The quantitative estimate of drug-likeness (QED) is 0.861. The monoisotopic (exact) mass is 320 g/mol. The molecule has 1 aromatic rings. The predicted octanol–water partition coefficient (Wildman–Crippen LogP) is 1.41. The van der Waals surface area contributed by atoms with Crippen LogP contribution in [0.25, 0.3) is 0 Å². The van der Waals surface area contributed by atoms with Gasteiger partial charge in [-0.05, 0) is 52.0 Å². The van der Waals surface area contributed by atoms with E-state index in [9.17, 15) is 4.79 Å². The number of aryl methyl sites for hydroxylation is 2. The van der Waals surface area contributed by atoms with Crippen molar-refractivity contribution < 1.29 is 9.53 Å². The minimum absolute atomic E-state index is 0.0771. The van der Waals surface area contributed by atoms with Gasteiger partial charge in [0.25, 0.3) is 5.91 Å². The van der Waals surface area contributed by atoms with E-state index in [1.165, 1.54) is 12.8 Å². The number of hydrogen-bond acceptors (Lipinski definition) is 4. The lowest BCUT2D eigenvalue weighted by atomic mass is 10.0. The average molecular weight is 320 g/mol. The Kier molecular flexibility index (Phi) is 4.90. The Bertz CT molecular complexity index is 557. The van der Waals surface area contributed by atoms with E-state index in [-0.39, 0.29) is 12.5 Å². The second kappa shape index (κ2) is 6.91. The van der Waals surface area contributed by atoms with Crippen LogP contribution in [0, 0.1) is 19.8 Å². The first-order valence-corrected chi connectivity index (χ1v) is 8.68. The summed E-state index contributed by atoms with van der Waals surface area (Å²) in [4.78, 5) is 14.3. The van der Waals surface area contributed by atoms with Crippen molar-refractivity contribution in [1.82, 2.24) is 20.0 Å². The van der Waals surface area contributed by atoms with Crippen molar-refractivity contribution in [2.45, 2.75) is 45.6 Å². The summed E-state index contributed by atoms with van der Waals surface area (Å²) in [6, 6.07) is 0.573. The van der Waals surface area contributed by atoms with Crippen molar-refractivity contribution in [3.05, 3.63) is 11.4 Å². The molecule has 6 heteroatoms. The Labute approximate surface area is 138 Å². The number of amides is 1. The predicted molar refractivity (Wildman–Crippen MR) is 88.5 cm³/mol. The first-order chi connectivity index (χ1) is 11.0. The molecule has 1 amide bonds. The zero-order valence-electron chi connectivity index (χ0n) is 14.5. The van der Waals surface area contributed by atoms with Gasteiger partial charge in [0, 0.05) is 26.2 Å². The standard InChI is InChI=1S/C17H28N4O2/c1-12-17(13(2)20(3)19-12)23-11-16(22)21-8-6-15(7-9-21)18-10-14-4-5-14/h14-15,18H,4-11H2,1-3H3. The van der Waals surface area contributed by atoms with E-state index < -0.39 is 0 Å². The molecule has 0 aromatic carbocycles. The van der Waals surface area contributed by atoms with Gasteiger partial charge in [0.05, 0.1) is 5.69 Å². The molecular weight excluding hydrogens is 292 g/mol. The number of rotatable bonds is 6. The molecule has 1 aromatic heterocycles. The van der Waals surface area contributed by atoms with Crippen LogP contribution in [0.15, 0.2) is 0 Å². The summed E-state index contributed by atoms with van der Waals surface area (Å²) in [7, 11) is 1.89. The van der Waals surface area contributed by atoms with Crippen LogP contribution in [0.3, 0.4) is 0 Å². The third kappa shape index (κ3) is 4.05. The van der Waals surface area contributed by atoms with Crippen LogP contribution in [0.5, 0.6) is 5.75 Å². The number of nitrogens with one attached hydrogen (secondary N) is 1. The van der Waals surface area contributed by atoms with Crippen molar-refractivity contribution in [3.8, 4) is 5.75 Å². The first kappa shape index (κ1) is 16.3. The van der Waals surface area contributed by atoms with Gasteiger partial charge in [0.15, 0.2) is 12.4 Å². The Hall–Kier alpha value is -1.56. The van der Waals surface area contributed by atoms with E-state index in [1.807, 2.05) is 25.8 Å². The maximum atomic E-state index is 12.3. The van der Waals surface area contributed by atoms with Gasteiger partial charge in [-0.2, -0.15) is 5.10 Å². The molecule has 6 nitrogen and oxygen atoms in total. The van der Waals surface area contributed by atoms with E-state index in [1.54, 1.807) is 4.68 Å². The molecular formula is C17H28N4O2. The zero-order chi connectivity index (χ0) is 16.4. The third-order valence-corrected chi connectivity index (χ3v) is 5.02. The van der Waals surface area contributed by atoms with Crippen LogP contribution < -0.4 is 10.1 Å². The highest BCUT2D eigenvalue weighted by Crippen LogP contribution is 2.28. The highest BCUT2D eigenvalue weighted by molar-refractivity contribution is 5.78. The number of aromatic nitrogens is 2. The van der Waals surface area contributed by atoms with Gasteiger partial charge < -0.3 is 15.0 Å². The largest absolute Gasteiger partial charge is 0.480 e. The highest BCUT2D eigenvalue weighted by Gasteiger charge is 2.26. The van der Waals surface area contributed by atoms with Gasteiger partial charge in [-0.25, -0.2) is 0 Å². The second-order valence-electron chi connectivity index (χ2n) is 6.92. The van der Waals surface area contributed by atoms with Crippen LogP contribution in [-0.2, 0) is 11.8 Å². The molecule has 1 N–H and O–H groups in total. The molecule has 3 rings (SSSR count).